The van der Waals surface area contributed by atoms with Crippen LogP contribution in [0.15, 0.2) is 42.5 Å². The quantitative estimate of drug-likeness (QED) is 0.770. The summed E-state index contributed by atoms with van der Waals surface area (Å²) in [4.78, 5) is 0. The zero-order valence-corrected chi connectivity index (χ0v) is 13.0. The average Bonchev–Trinajstić information content (AvgIpc) is 2.51. The van der Waals surface area contributed by atoms with Gasteiger partial charge in [0.15, 0.2) is 0 Å². The lowest BCUT2D eigenvalue weighted by molar-refractivity contribution is 0.412. The molecule has 21 heavy (non-hydrogen) atoms. The normalized spacial score (nSPS) is 10.4. The van der Waals surface area contributed by atoms with Crippen molar-refractivity contribution in [1.82, 2.24) is 5.32 Å². The van der Waals surface area contributed by atoms with E-state index in [0.29, 0.717) is 0 Å². The van der Waals surface area contributed by atoms with E-state index in [1.165, 1.54) is 5.56 Å². The van der Waals surface area contributed by atoms with Crippen molar-refractivity contribution in [3.05, 3.63) is 53.6 Å². The minimum Gasteiger partial charge on any atom is -0.497 e. The Morgan fingerprint density at radius 3 is 2.33 bits per heavy atom. The Morgan fingerprint density at radius 2 is 1.71 bits per heavy atom. The zero-order chi connectivity index (χ0) is 15.1. The first kappa shape index (κ1) is 15.4. The number of hydrogen-bond acceptors (Lipinski definition) is 3. The molecule has 2 aromatic carbocycles. The smallest absolute Gasteiger partial charge is 0.130 e. The van der Waals surface area contributed by atoms with Crippen molar-refractivity contribution in [3.8, 4) is 17.2 Å². The van der Waals surface area contributed by atoms with E-state index in [4.69, 9.17) is 9.47 Å². The van der Waals surface area contributed by atoms with Crippen molar-refractivity contribution in [3.63, 3.8) is 0 Å². The van der Waals surface area contributed by atoms with Crippen LogP contribution in [0.5, 0.6) is 17.2 Å². The lowest BCUT2D eigenvalue weighted by atomic mass is 10.1. The fraction of sp³-hybridized carbons (Fsp3) is 0.333. The lowest BCUT2D eigenvalue weighted by Gasteiger charge is -2.11. The summed E-state index contributed by atoms with van der Waals surface area (Å²) in [5.74, 6) is 2.53. The van der Waals surface area contributed by atoms with Gasteiger partial charge in [-0.25, -0.2) is 0 Å². The van der Waals surface area contributed by atoms with E-state index in [-0.39, 0.29) is 0 Å². The number of rotatable bonds is 7. The average molecular weight is 285 g/mol. The first-order valence-electron chi connectivity index (χ1n) is 7.35. The number of benzene rings is 2. The van der Waals surface area contributed by atoms with Crippen LogP contribution in [0, 0.1) is 6.92 Å². The van der Waals surface area contributed by atoms with Gasteiger partial charge in [0.05, 0.1) is 7.11 Å². The highest BCUT2D eigenvalue weighted by atomic mass is 16.5. The van der Waals surface area contributed by atoms with Crippen LogP contribution in [0.2, 0.25) is 0 Å². The van der Waals surface area contributed by atoms with Crippen LogP contribution in [0.25, 0.3) is 0 Å². The summed E-state index contributed by atoms with van der Waals surface area (Å²) in [6.45, 7) is 6.19. The van der Waals surface area contributed by atoms with Crippen LogP contribution in [-0.2, 0) is 6.54 Å². The minimum atomic E-state index is 0.816. The van der Waals surface area contributed by atoms with Crippen LogP contribution >= 0.6 is 0 Å². The second-order valence-corrected chi connectivity index (χ2v) is 5.05. The Hall–Kier alpha value is -2.00. The first-order valence-corrected chi connectivity index (χ1v) is 7.35. The summed E-state index contributed by atoms with van der Waals surface area (Å²) in [7, 11) is 1.66. The van der Waals surface area contributed by atoms with E-state index in [1.807, 2.05) is 30.3 Å². The fourth-order valence-corrected chi connectivity index (χ4v) is 2.12. The zero-order valence-electron chi connectivity index (χ0n) is 13.0. The van der Waals surface area contributed by atoms with Gasteiger partial charge in [-0.05, 0) is 61.3 Å². The molecule has 0 amide bonds. The number of nitrogens with one attached hydrogen (secondary N) is 1. The molecule has 0 aliphatic heterocycles. The van der Waals surface area contributed by atoms with Crippen LogP contribution in [0.3, 0.4) is 0 Å². The molecular formula is C18H23NO2. The lowest BCUT2D eigenvalue weighted by Crippen LogP contribution is -2.13. The maximum absolute atomic E-state index is 5.91. The number of methoxy groups -OCH3 is 1. The largest absolute Gasteiger partial charge is 0.497 e. The Balaban J connectivity index is 2.02. The molecule has 0 aromatic heterocycles. The van der Waals surface area contributed by atoms with Crippen molar-refractivity contribution >= 4 is 0 Å². The molecule has 0 spiro atoms. The topological polar surface area (TPSA) is 30.5 Å². The molecule has 3 heteroatoms. The predicted molar refractivity (Wildman–Crippen MR) is 86.2 cm³/mol. The van der Waals surface area contributed by atoms with Gasteiger partial charge in [0.2, 0.25) is 0 Å². The van der Waals surface area contributed by atoms with Crippen LogP contribution in [0.1, 0.15) is 24.5 Å². The Bertz CT molecular complexity index is 564. The van der Waals surface area contributed by atoms with Gasteiger partial charge in [-0.2, -0.15) is 0 Å². The molecule has 1 N–H and O–H groups in total. The number of aryl methyl sites for hydroxylation is 1. The highest BCUT2D eigenvalue weighted by molar-refractivity contribution is 5.41. The molecule has 3 nitrogen and oxygen atoms in total. The third-order valence-electron chi connectivity index (χ3n) is 3.28. The summed E-state index contributed by atoms with van der Waals surface area (Å²) in [6.07, 6.45) is 1.15. The van der Waals surface area contributed by atoms with Crippen LogP contribution in [-0.4, -0.2) is 13.7 Å². The molecular weight excluding hydrogens is 262 g/mol. The molecule has 0 saturated heterocycles. The molecule has 0 saturated carbocycles. The Labute approximate surface area is 126 Å². The Kier molecular flexibility index (Phi) is 5.64. The van der Waals surface area contributed by atoms with Gasteiger partial charge in [0.1, 0.15) is 17.2 Å². The van der Waals surface area contributed by atoms with E-state index < -0.39 is 0 Å². The van der Waals surface area contributed by atoms with Gasteiger partial charge in [-0.1, -0.05) is 19.1 Å². The molecule has 2 rings (SSSR count). The van der Waals surface area contributed by atoms with Gasteiger partial charge < -0.3 is 14.8 Å². The number of hydrogen-bond donors (Lipinski definition) is 1. The third-order valence-corrected chi connectivity index (χ3v) is 3.28. The van der Waals surface area contributed by atoms with Crippen molar-refractivity contribution in [2.45, 2.75) is 26.8 Å². The summed E-state index contributed by atoms with van der Waals surface area (Å²) < 4.78 is 11.1. The van der Waals surface area contributed by atoms with E-state index in [2.05, 4.69) is 31.3 Å². The Morgan fingerprint density at radius 1 is 1.00 bits per heavy atom. The van der Waals surface area contributed by atoms with Gasteiger partial charge in [-0.15, -0.1) is 0 Å². The standard InChI is InChI=1S/C18H23NO2/c1-4-11-19-13-15-5-10-18(14(2)12-15)21-17-8-6-16(20-3)7-9-17/h5-10,12,19H,4,11,13H2,1-3H3. The molecule has 0 radical (unpaired) electrons. The molecule has 0 atom stereocenters. The van der Waals surface area contributed by atoms with Crippen molar-refractivity contribution in [1.29, 1.82) is 0 Å². The van der Waals surface area contributed by atoms with E-state index in [1.54, 1.807) is 7.11 Å². The van der Waals surface area contributed by atoms with Crippen LogP contribution in [0.4, 0.5) is 0 Å². The van der Waals surface area contributed by atoms with Gasteiger partial charge >= 0.3 is 0 Å². The fourth-order valence-electron chi connectivity index (χ4n) is 2.12. The van der Waals surface area contributed by atoms with Gasteiger partial charge in [0.25, 0.3) is 0 Å². The molecule has 0 heterocycles. The molecule has 0 fully saturated rings. The maximum Gasteiger partial charge on any atom is 0.130 e. The highest BCUT2D eigenvalue weighted by Gasteiger charge is 2.03. The highest BCUT2D eigenvalue weighted by Crippen LogP contribution is 2.27. The first-order chi connectivity index (χ1) is 10.2. The molecule has 0 unspecified atom stereocenters. The monoisotopic (exact) mass is 285 g/mol. The van der Waals surface area contributed by atoms with Crippen LogP contribution < -0.4 is 14.8 Å². The van der Waals surface area contributed by atoms with Crippen molar-refractivity contribution in [2.75, 3.05) is 13.7 Å². The van der Waals surface area contributed by atoms with Gasteiger partial charge in [0, 0.05) is 6.54 Å². The molecule has 0 bridgehead atoms. The molecule has 0 aliphatic carbocycles. The predicted octanol–water partition coefficient (Wildman–Crippen LogP) is 4.30. The molecule has 2 aromatic rings. The summed E-state index contributed by atoms with van der Waals surface area (Å²) in [6, 6.07) is 13.9. The van der Waals surface area contributed by atoms with E-state index in [0.717, 1.165) is 42.3 Å². The minimum absolute atomic E-state index is 0.816. The second kappa shape index (κ2) is 7.70. The third kappa shape index (κ3) is 4.50. The van der Waals surface area contributed by atoms with Gasteiger partial charge in [-0.3, -0.25) is 0 Å². The second-order valence-electron chi connectivity index (χ2n) is 5.05. The van der Waals surface area contributed by atoms with Crippen molar-refractivity contribution < 1.29 is 9.47 Å². The van der Waals surface area contributed by atoms with E-state index in [9.17, 15) is 0 Å². The molecule has 0 aliphatic rings. The van der Waals surface area contributed by atoms with E-state index >= 15 is 0 Å². The maximum atomic E-state index is 5.91. The number of ether oxygens (including phenoxy) is 2. The molecule has 112 valence electrons. The summed E-state index contributed by atoms with van der Waals surface area (Å²) >= 11 is 0. The summed E-state index contributed by atoms with van der Waals surface area (Å²) in [5, 5.41) is 3.41. The SMILES string of the molecule is CCCNCc1ccc(Oc2ccc(OC)cc2)c(C)c1. The summed E-state index contributed by atoms with van der Waals surface area (Å²) in [5.41, 5.74) is 2.42. The van der Waals surface area contributed by atoms with Crippen molar-refractivity contribution in [2.24, 2.45) is 0 Å².